The molecule has 2 aromatic rings. The van der Waals surface area contributed by atoms with Crippen molar-refractivity contribution in [2.45, 2.75) is 5.92 Å². The summed E-state index contributed by atoms with van der Waals surface area (Å²) < 4.78 is 14.1. The van der Waals surface area contributed by atoms with Crippen LogP contribution in [0.4, 0.5) is 10.1 Å². The molecule has 2 amide bonds. The number of hydrogen-bond acceptors (Lipinski definition) is 4. The number of ketones is 1. The number of nitrogens with one attached hydrogen (secondary N) is 1. The lowest BCUT2D eigenvalue weighted by molar-refractivity contribution is -0.116. The molecule has 0 saturated heterocycles. The van der Waals surface area contributed by atoms with Crippen molar-refractivity contribution >= 4 is 46.2 Å². The lowest BCUT2D eigenvalue weighted by Crippen LogP contribution is -2.23. The third-order valence-electron chi connectivity index (χ3n) is 3.34. The fourth-order valence-corrected chi connectivity index (χ4v) is 3.33. The number of amides is 2. The van der Waals surface area contributed by atoms with E-state index in [9.17, 15) is 18.8 Å². The Labute approximate surface area is 132 Å². The van der Waals surface area contributed by atoms with Crippen LogP contribution in [-0.2, 0) is 4.79 Å². The smallest absolute Gasteiger partial charge is 0.252 e. The van der Waals surface area contributed by atoms with Crippen LogP contribution in [0.15, 0.2) is 23.6 Å². The Kier molecular flexibility index (Phi) is 3.46. The normalized spacial score (nSPS) is 16.3. The van der Waals surface area contributed by atoms with Crippen molar-refractivity contribution in [2.24, 2.45) is 5.73 Å². The Hall–Kier alpha value is -2.25. The first-order valence-electron chi connectivity index (χ1n) is 6.12. The fraction of sp³-hybridized carbons (Fsp3) is 0.0714. The highest BCUT2D eigenvalue weighted by atomic mass is 35.5. The maximum atomic E-state index is 14.1. The SMILES string of the molecule is NC(=O)c1c(F)c(Cl)cc2c1C(C(=O)c1cccs1)C(=O)N2. The molecule has 1 aliphatic rings. The summed E-state index contributed by atoms with van der Waals surface area (Å²) in [6.07, 6.45) is 0. The van der Waals surface area contributed by atoms with Gasteiger partial charge in [0.25, 0.3) is 5.91 Å². The average Bonchev–Trinajstić information content (AvgIpc) is 3.06. The zero-order valence-corrected chi connectivity index (χ0v) is 12.4. The van der Waals surface area contributed by atoms with Gasteiger partial charge in [0, 0.05) is 11.3 Å². The molecule has 0 radical (unpaired) electrons. The molecular weight excluding hydrogens is 331 g/mol. The van der Waals surface area contributed by atoms with E-state index in [4.69, 9.17) is 17.3 Å². The van der Waals surface area contributed by atoms with Crippen LogP contribution < -0.4 is 11.1 Å². The number of hydrogen-bond donors (Lipinski definition) is 2. The van der Waals surface area contributed by atoms with Gasteiger partial charge in [0.05, 0.1) is 15.5 Å². The Balaban J connectivity index is 2.23. The molecule has 1 atom stereocenters. The van der Waals surface area contributed by atoms with Crippen molar-refractivity contribution in [1.82, 2.24) is 0 Å². The molecule has 0 aliphatic carbocycles. The molecule has 1 aromatic heterocycles. The summed E-state index contributed by atoms with van der Waals surface area (Å²) in [7, 11) is 0. The van der Waals surface area contributed by atoms with Gasteiger partial charge >= 0.3 is 0 Å². The lowest BCUT2D eigenvalue weighted by Gasteiger charge is -2.11. The van der Waals surface area contributed by atoms with Crippen LogP contribution in [0.5, 0.6) is 0 Å². The third-order valence-corrected chi connectivity index (χ3v) is 4.50. The van der Waals surface area contributed by atoms with E-state index in [0.717, 1.165) is 17.4 Å². The van der Waals surface area contributed by atoms with Crippen molar-refractivity contribution in [2.75, 3.05) is 5.32 Å². The number of benzene rings is 1. The zero-order chi connectivity index (χ0) is 16.0. The minimum atomic E-state index is -1.32. The monoisotopic (exact) mass is 338 g/mol. The molecule has 22 heavy (non-hydrogen) atoms. The zero-order valence-electron chi connectivity index (χ0n) is 10.9. The van der Waals surface area contributed by atoms with E-state index >= 15 is 0 Å². The summed E-state index contributed by atoms with van der Waals surface area (Å²) >= 11 is 6.85. The van der Waals surface area contributed by atoms with E-state index in [1.54, 1.807) is 17.5 Å². The maximum absolute atomic E-state index is 14.1. The molecule has 5 nitrogen and oxygen atoms in total. The number of halogens is 2. The van der Waals surface area contributed by atoms with Crippen LogP contribution in [0, 0.1) is 5.82 Å². The second-order valence-electron chi connectivity index (χ2n) is 4.64. The Morgan fingerprint density at radius 2 is 2.14 bits per heavy atom. The Morgan fingerprint density at radius 1 is 1.41 bits per heavy atom. The number of carbonyl (C=O) groups excluding carboxylic acids is 3. The van der Waals surface area contributed by atoms with Gasteiger partial charge in [-0.3, -0.25) is 14.4 Å². The van der Waals surface area contributed by atoms with Crippen molar-refractivity contribution in [3.8, 4) is 0 Å². The first kappa shape index (κ1) is 14.7. The predicted octanol–water partition coefficient (Wildman–Crippen LogP) is 2.56. The van der Waals surface area contributed by atoms with Crippen molar-refractivity contribution < 1.29 is 18.8 Å². The standard InChI is InChI=1S/C14H8ClFN2O3S/c15-5-4-6-8(9(11(5)16)13(17)20)10(14(21)18-6)12(19)7-2-1-3-22-7/h1-4,10H,(H2,17,20)(H,18,21). The number of primary amides is 1. The van der Waals surface area contributed by atoms with Gasteiger partial charge < -0.3 is 11.1 Å². The molecular formula is C14H8ClFN2O3S. The van der Waals surface area contributed by atoms with Crippen LogP contribution in [0.25, 0.3) is 0 Å². The van der Waals surface area contributed by atoms with Gasteiger partial charge in [0.2, 0.25) is 5.91 Å². The number of Topliss-reactive ketones (excluding diaryl/α,β-unsaturated/α-hetero) is 1. The Morgan fingerprint density at radius 3 is 2.73 bits per heavy atom. The molecule has 1 aliphatic heterocycles. The Bertz CT molecular complexity index is 820. The van der Waals surface area contributed by atoms with Gasteiger partial charge in [-0.25, -0.2) is 4.39 Å². The third kappa shape index (κ3) is 2.10. The van der Waals surface area contributed by atoms with E-state index in [2.05, 4.69) is 5.32 Å². The summed E-state index contributed by atoms with van der Waals surface area (Å²) in [6, 6.07) is 4.37. The van der Waals surface area contributed by atoms with Crippen LogP contribution in [-0.4, -0.2) is 17.6 Å². The average molecular weight is 339 g/mol. The van der Waals surface area contributed by atoms with E-state index in [1.807, 2.05) is 0 Å². The molecule has 2 heterocycles. The molecule has 0 saturated carbocycles. The van der Waals surface area contributed by atoms with E-state index in [1.165, 1.54) is 0 Å². The second kappa shape index (κ2) is 5.19. The first-order chi connectivity index (χ1) is 10.4. The quantitative estimate of drug-likeness (QED) is 0.665. The molecule has 1 unspecified atom stereocenters. The van der Waals surface area contributed by atoms with Crippen LogP contribution in [0.1, 0.15) is 31.5 Å². The van der Waals surface area contributed by atoms with Crippen molar-refractivity contribution in [3.05, 3.63) is 50.4 Å². The molecule has 0 bridgehead atoms. The van der Waals surface area contributed by atoms with Gasteiger partial charge in [0.15, 0.2) is 11.6 Å². The van der Waals surface area contributed by atoms with Gasteiger partial charge in [-0.2, -0.15) is 0 Å². The van der Waals surface area contributed by atoms with Crippen molar-refractivity contribution in [3.63, 3.8) is 0 Å². The van der Waals surface area contributed by atoms with Crippen LogP contribution >= 0.6 is 22.9 Å². The number of carbonyl (C=O) groups is 3. The molecule has 8 heteroatoms. The number of rotatable bonds is 3. The molecule has 3 rings (SSSR count). The highest BCUT2D eigenvalue weighted by molar-refractivity contribution is 7.12. The summed E-state index contributed by atoms with van der Waals surface area (Å²) in [5.74, 6) is -4.60. The first-order valence-corrected chi connectivity index (χ1v) is 7.38. The highest BCUT2D eigenvalue weighted by Gasteiger charge is 2.41. The summed E-state index contributed by atoms with van der Waals surface area (Å²) in [6.45, 7) is 0. The summed E-state index contributed by atoms with van der Waals surface area (Å²) in [5, 5.41) is 3.77. The number of nitrogens with two attached hydrogens (primary N) is 1. The number of anilines is 1. The summed E-state index contributed by atoms with van der Waals surface area (Å²) in [5.41, 5.74) is 4.73. The van der Waals surface area contributed by atoms with E-state index in [0.29, 0.717) is 4.88 Å². The topological polar surface area (TPSA) is 89.3 Å². The molecule has 112 valence electrons. The summed E-state index contributed by atoms with van der Waals surface area (Å²) in [4.78, 5) is 36.5. The largest absolute Gasteiger partial charge is 0.365 e. The van der Waals surface area contributed by atoms with Gasteiger partial charge in [-0.15, -0.1) is 11.3 Å². The highest BCUT2D eigenvalue weighted by Crippen LogP contribution is 2.41. The van der Waals surface area contributed by atoms with Gasteiger partial charge in [0.1, 0.15) is 5.92 Å². The van der Waals surface area contributed by atoms with Gasteiger partial charge in [-0.05, 0) is 17.5 Å². The fourth-order valence-electron chi connectivity index (χ4n) is 2.43. The number of fused-ring (bicyclic) bond motifs is 1. The molecule has 0 fully saturated rings. The second-order valence-corrected chi connectivity index (χ2v) is 5.99. The number of thiophene rings is 1. The van der Waals surface area contributed by atoms with E-state index in [-0.39, 0.29) is 16.3 Å². The van der Waals surface area contributed by atoms with Crippen LogP contribution in [0.3, 0.4) is 0 Å². The minimum Gasteiger partial charge on any atom is -0.365 e. The lowest BCUT2D eigenvalue weighted by atomic mass is 9.90. The van der Waals surface area contributed by atoms with E-state index < -0.39 is 34.9 Å². The predicted molar refractivity (Wildman–Crippen MR) is 79.9 cm³/mol. The maximum Gasteiger partial charge on any atom is 0.252 e. The minimum absolute atomic E-state index is 0.0576. The van der Waals surface area contributed by atoms with Crippen LogP contribution in [0.2, 0.25) is 5.02 Å². The molecule has 0 spiro atoms. The molecule has 1 aromatic carbocycles. The van der Waals surface area contributed by atoms with Gasteiger partial charge in [-0.1, -0.05) is 17.7 Å². The van der Waals surface area contributed by atoms with Crippen molar-refractivity contribution in [1.29, 1.82) is 0 Å². The molecule has 3 N–H and O–H groups in total.